The van der Waals surface area contributed by atoms with E-state index in [1.807, 2.05) is 12.1 Å². The first-order valence-electron chi connectivity index (χ1n) is 11.8. The number of unbranched alkanes of at least 4 members (excludes halogenated alkanes) is 3. The standard InChI is InChI=1S/C26H29N3O4/c1-2-3-4-5-7-18-9-10-21-19(14-18)11-13-29-22(21)15-24(28-26(29)30)31-16-20-17-32-25-23(33-20)8-6-12-27-25/h6,8-10,12,14-15,20H,2-5,7,11,13,16-17H2,1H3. The first-order valence-corrected chi connectivity index (χ1v) is 11.8. The van der Waals surface area contributed by atoms with Crippen LogP contribution in [0.1, 0.15) is 43.7 Å². The van der Waals surface area contributed by atoms with Crippen LogP contribution in [0.15, 0.2) is 47.4 Å². The van der Waals surface area contributed by atoms with Crippen LogP contribution >= 0.6 is 0 Å². The number of fused-ring (bicyclic) bond motifs is 4. The lowest BCUT2D eigenvalue weighted by Crippen LogP contribution is -2.35. The Balaban J connectivity index is 1.30. The molecule has 1 unspecified atom stereocenters. The Bertz CT molecular complexity index is 1190. The molecular formula is C26H29N3O4. The minimum absolute atomic E-state index is 0.230. The van der Waals surface area contributed by atoms with Crippen molar-refractivity contribution in [3.63, 3.8) is 0 Å². The molecule has 172 valence electrons. The highest BCUT2D eigenvalue weighted by molar-refractivity contribution is 5.67. The van der Waals surface area contributed by atoms with E-state index < -0.39 is 0 Å². The number of ether oxygens (including phenoxy) is 3. The minimum atomic E-state index is -0.301. The highest BCUT2D eigenvalue weighted by atomic mass is 16.6. The average molecular weight is 448 g/mol. The largest absolute Gasteiger partial charge is 0.478 e. The third kappa shape index (κ3) is 4.72. The van der Waals surface area contributed by atoms with Crippen molar-refractivity contribution in [3.8, 4) is 28.8 Å². The van der Waals surface area contributed by atoms with E-state index in [4.69, 9.17) is 14.2 Å². The summed E-state index contributed by atoms with van der Waals surface area (Å²) in [6, 6.07) is 12.1. The van der Waals surface area contributed by atoms with E-state index in [9.17, 15) is 4.79 Å². The Labute approximate surface area is 193 Å². The van der Waals surface area contributed by atoms with Crippen molar-refractivity contribution >= 4 is 0 Å². The van der Waals surface area contributed by atoms with Gasteiger partial charge in [-0.25, -0.2) is 9.78 Å². The number of rotatable bonds is 8. The van der Waals surface area contributed by atoms with E-state index in [0.29, 0.717) is 30.7 Å². The zero-order chi connectivity index (χ0) is 22.6. The lowest BCUT2D eigenvalue weighted by Gasteiger charge is -2.26. The van der Waals surface area contributed by atoms with Gasteiger partial charge in [-0.2, -0.15) is 4.98 Å². The van der Waals surface area contributed by atoms with Crippen LogP contribution in [-0.4, -0.2) is 33.9 Å². The van der Waals surface area contributed by atoms with E-state index in [1.54, 1.807) is 16.8 Å². The van der Waals surface area contributed by atoms with Gasteiger partial charge in [0.15, 0.2) is 11.9 Å². The molecule has 33 heavy (non-hydrogen) atoms. The molecule has 0 fully saturated rings. The Hall–Kier alpha value is -3.35. The number of nitrogens with zero attached hydrogens (tertiary/aromatic N) is 3. The zero-order valence-corrected chi connectivity index (χ0v) is 19.0. The third-order valence-corrected chi connectivity index (χ3v) is 6.21. The maximum Gasteiger partial charge on any atom is 0.351 e. The van der Waals surface area contributed by atoms with Gasteiger partial charge in [0.05, 0.1) is 5.69 Å². The molecule has 0 amide bonds. The highest BCUT2D eigenvalue weighted by Gasteiger charge is 2.24. The summed E-state index contributed by atoms with van der Waals surface area (Å²) in [6.45, 7) is 3.43. The van der Waals surface area contributed by atoms with Crippen LogP contribution in [0.4, 0.5) is 0 Å². The average Bonchev–Trinajstić information content (AvgIpc) is 2.85. The Kier molecular flexibility index (Phi) is 6.28. The SMILES string of the molecule is CCCCCCc1ccc2c(c1)CCn1c-2cc(OCC2COc3ncccc3O2)nc1=O. The summed E-state index contributed by atoms with van der Waals surface area (Å²) in [4.78, 5) is 21.0. The molecule has 0 spiro atoms. The predicted molar refractivity (Wildman–Crippen MR) is 125 cm³/mol. The van der Waals surface area contributed by atoms with Gasteiger partial charge >= 0.3 is 5.69 Å². The maximum atomic E-state index is 12.7. The van der Waals surface area contributed by atoms with Gasteiger partial charge in [-0.05, 0) is 42.5 Å². The Morgan fingerprint density at radius 1 is 1.18 bits per heavy atom. The summed E-state index contributed by atoms with van der Waals surface area (Å²) in [7, 11) is 0. The number of benzene rings is 1. The van der Waals surface area contributed by atoms with Crippen molar-refractivity contribution in [1.82, 2.24) is 14.5 Å². The fraction of sp³-hybridized carbons (Fsp3) is 0.423. The second-order valence-electron chi connectivity index (χ2n) is 8.63. The number of pyridine rings is 1. The summed E-state index contributed by atoms with van der Waals surface area (Å²) in [5.41, 5.74) is 4.31. The molecule has 2 aromatic heterocycles. The molecule has 7 nitrogen and oxygen atoms in total. The molecule has 1 atom stereocenters. The van der Waals surface area contributed by atoms with Crippen molar-refractivity contribution in [2.24, 2.45) is 0 Å². The van der Waals surface area contributed by atoms with Crippen molar-refractivity contribution < 1.29 is 14.2 Å². The predicted octanol–water partition coefficient (Wildman–Crippen LogP) is 4.20. The first-order chi connectivity index (χ1) is 16.2. The van der Waals surface area contributed by atoms with Gasteiger partial charge in [0.2, 0.25) is 5.88 Å². The summed E-state index contributed by atoms with van der Waals surface area (Å²) in [6.07, 6.45) is 8.34. The molecule has 2 aliphatic rings. The van der Waals surface area contributed by atoms with Crippen LogP contribution in [0.2, 0.25) is 0 Å². The molecule has 0 saturated carbocycles. The van der Waals surface area contributed by atoms with E-state index >= 15 is 0 Å². The van der Waals surface area contributed by atoms with Gasteiger partial charge in [0.25, 0.3) is 5.88 Å². The van der Waals surface area contributed by atoms with Gasteiger partial charge in [0, 0.05) is 24.4 Å². The molecule has 3 aromatic rings. The van der Waals surface area contributed by atoms with Crippen molar-refractivity contribution in [1.29, 1.82) is 0 Å². The van der Waals surface area contributed by atoms with Gasteiger partial charge in [-0.15, -0.1) is 0 Å². The number of aromatic nitrogens is 3. The fourth-order valence-corrected chi connectivity index (χ4v) is 4.47. The van der Waals surface area contributed by atoms with Gasteiger partial charge in [0.1, 0.15) is 13.2 Å². The molecular weight excluding hydrogens is 418 g/mol. The monoisotopic (exact) mass is 447 g/mol. The van der Waals surface area contributed by atoms with Crippen LogP contribution in [0.5, 0.6) is 17.5 Å². The molecule has 4 heterocycles. The first kappa shape index (κ1) is 21.5. The molecule has 7 heteroatoms. The molecule has 1 aromatic carbocycles. The Morgan fingerprint density at radius 2 is 2.12 bits per heavy atom. The van der Waals surface area contributed by atoms with E-state index in [0.717, 1.165) is 24.1 Å². The van der Waals surface area contributed by atoms with Crippen LogP contribution in [0.3, 0.4) is 0 Å². The van der Waals surface area contributed by atoms with E-state index in [1.165, 1.54) is 36.8 Å². The second kappa shape index (κ2) is 9.65. The third-order valence-electron chi connectivity index (χ3n) is 6.21. The van der Waals surface area contributed by atoms with Crippen LogP contribution in [0, 0.1) is 0 Å². The van der Waals surface area contributed by atoms with Gasteiger partial charge in [-0.3, -0.25) is 4.57 Å². The highest BCUT2D eigenvalue weighted by Crippen LogP contribution is 2.31. The molecule has 2 aliphatic heterocycles. The molecule has 0 N–H and O–H groups in total. The minimum Gasteiger partial charge on any atom is -0.478 e. The van der Waals surface area contributed by atoms with Crippen LogP contribution in [0.25, 0.3) is 11.3 Å². The van der Waals surface area contributed by atoms with Gasteiger partial charge < -0.3 is 14.2 Å². The lowest BCUT2D eigenvalue weighted by atomic mass is 9.94. The summed E-state index contributed by atoms with van der Waals surface area (Å²) >= 11 is 0. The number of hydrogen-bond acceptors (Lipinski definition) is 6. The number of aryl methyl sites for hydroxylation is 2. The Morgan fingerprint density at radius 3 is 3.03 bits per heavy atom. The van der Waals surface area contributed by atoms with Crippen molar-refractivity contribution in [2.45, 2.75) is 58.1 Å². The van der Waals surface area contributed by atoms with Crippen molar-refractivity contribution in [3.05, 3.63) is 64.2 Å². The van der Waals surface area contributed by atoms with E-state index in [-0.39, 0.29) is 18.4 Å². The molecule has 0 aliphatic carbocycles. The molecule has 0 saturated heterocycles. The zero-order valence-electron chi connectivity index (χ0n) is 19.0. The topological polar surface area (TPSA) is 75.5 Å². The molecule has 0 bridgehead atoms. The smallest absolute Gasteiger partial charge is 0.351 e. The summed E-state index contributed by atoms with van der Waals surface area (Å²) < 4.78 is 19.1. The van der Waals surface area contributed by atoms with Crippen LogP contribution < -0.4 is 19.9 Å². The molecule has 5 rings (SSSR count). The second-order valence-corrected chi connectivity index (χ2v) is 8.63. The summed E-state index contributed by atoms with van der Waals surface area (Å²) in [5, 5.41) is 0. The van der Waals surface area contributed by atoms with Crippen molar-refractivity contribution in [2.75, 3.05) is 13.2 Å². The van der Waals surface area contributed by atoms with Gasteiger partial charge in [-0.1, -0.05) is 44.4 Å². The quantitative estimate of drug-likeness (QED) is 0.482. The lowest BCUT2D eigenvalue weighted by molar-refractivity contribution is 0.0486. The van der Waals surface area contributed by atoms with Crippen LogP contribution in [-0.2, 0) is 19.4 Å². The molecule has 0 radical (unpaired) electrons. The summed E-state index contributed by atoms with van der Waals surface area (Å²) in [5.74, 6) is 1.39. The number of hydrogen-bond donors (Lipinski definition) is 0. The normalized spacial score (nSPS) is 16.1. The maximum absolute atomic E-state index is 12.7. The van der Waals surface area contributed by atoms with E-state index in [2.05, 4.69) is 35.1 Å². The fourth-order valence-electron chi connectivity index (χ4n) is 4.47.